The van der Waals surface area contributed by atoms with Gasteiger partial charge in [-0.3, -0.25) is 9.59 Å². The van der Waals surface area contributed by atoms with E-state index in [0.717, 1.165) is 25.0 Å². The summed E-state index contributed by atoms with van der Waals surface area (Å²) in [6.07, 6.45) is 2.48. The molecule has 0 bridgehead atoms. The van der Waals surface area contributed by atoms with Crippen LogP contribution in [0.5, 0.6) is 0 Å². The number of carboxylic acids is 1. The lowest BCUT2D eigenvalue weighted by Gasteiger charge is -2.37. The first kappa shape index (κ1) is 13.7. The molecule has 1 N–H and O–H groups in total. The average molecular weight is 273 g/mol. The molecule has 2 saturated heterocycles. The lowest BCUT2D eigenvalue weighted by molar-refractivity contribution is -0.150. The van der Waals surface area contributed by atoms with Gasteiger partial charge in [-0.1, -0.05) is 0 Å². The van der Waals surface area contributed by atoms with E-state index < -0.39 is 5.97 Å². The van der Waals surface area contributed by atoms with Crippen LogP contribution in [0, 0.1) is 0 Å². The Bertz CT molecular complexity index is 317. The number of hydrogen-bond acceptors (Lipinski definition) is 4. The molecule has 2 fully saturated rings. The van der Waals surface area contributed by atoms with E-state index in [1.165, 1.54) is 0 Å². The number of carbonyl (C=O) groups is 2. The van der Waals surface area contributed by atoms with Gasteiger partial charge in [0.15, 0.2) is 0 Å². The minimum Gasteiger partial charge on any atom is -0.481 e. The maximum atomic E-state index is 12.3. The van der Waals surface area contributed by atoms with Gasteiger partial charge in [0.25, 0.3) is 5.91 Å². The molecule has 6 heteroatoms. The fraction of sp³-hybridized carbons (Fsp3) is 0.833. The molecule has 0 aromatic carbocycles. The SMILES string of the molecule is O=C(O)CC1CSCCN1C(=O)C1CCCCO1. The molecule has 0 radical (unpaired) electrons. The second kappa shape index (κ2) is 6.43. The molecule has 0 spiro atoms. The molecule has 0 aromatic heterocycles. The Morgan fingerprint density at radius 3 is 2.89 bits per heavy atom. The topological polar surface area (TPSA) is 66.8 Å². The van der Waals surface area contributed by atoms with Gasteiger partial charge in [0.05, 0.1) is 12.5 Å². The number of ether oxygens (including phenoxy) is 1. The van der Waals surface area contributed by atoms with E-state index >= 15 is 0 Å². The van der Waals surface area contributed by atoms with Gasteiger partial charge in [-0.25, -0.2) is 0 Å². The summed E-state index contributed by atoms with van der Waals surface area (Å²) >= 11 is 1.71. The highest BCUT2D eigenvalue weighted by Crippen LogP contribution is 2.23. The average Bonchev–Trinajstić information content (AvgIpc) is 2.39. The Labute approximate surface area is 111 Å². The zero-order valence-corrected chi connectivity index (χ0v) is 11.2. The summed E-state index contributed by atoms with van der Waals surface area (Å²) in [6.45, 7) is 1.28. The molecule has 0 aliphatic carbocycles. The smallest absolute Gasteiger partial charge is 0.305 e. The monoisotopic (exact) mass is 273 g/mol. The van der Waals surface area contributed by atoms with Gasteiger partial charge in [-0.15, -0.1) is 0 Å². The van der Waals surface area contributed by atoms with Crippen molar-refractivity contribution in [1.29, 1.82) is 0 Å². The van der Waals surface area contributed by atoms with Gasteiger partial charge < -0.3 is 14.7 Å². The Hall–Kier alpha value is -0.750. The van der Waals surface area contributed by atoms with Crippen LogP contribution in [0.2, 0.25) is 0 Å². The molecule has 5 nitrogen and oxygen atoms in total. The van der Waals surface area contributed by atoms with E-state index in [1.54, 1.807) is 16.7 Å². The minimum atomic E-state index is -0.843. The van der Waals surface area contributed by atoms with Gasteiger partial charge in [0.1, 0.15) is 6.10 Å². The Balaban J connectivity index is 1.98. The maximum absolute atomic E-state index is 12.3. The fourth-order valence-electron chi connectivity index (χ4n) is 2.44. The van der Waals surface area contributed by atoms with Crippen molar-refractivity contribution in [2.24, 2.45) is 0 Å². The van der Waals surface area contributed by atoms with E-state index in [-0.39, 0.29) is 24.5 Å². The summed E-state index contributed by atoms with van der Waals surface area (Å²) in [4.78, 5) is 24.9. The Kier molecular flexibility index (Phi) is 4.88. The fourth-order valence-corrected chi connectivity index (χ4v) is 3.50. The van der Waals surface area contributed by atoms with E-state index in [1.807, 2.05) is 0 Å². The van der Waals surface area contributed by atoms with Crippen molar-refractivity contribution in [3.05, 3.63) is 0 Å². The molecule has 0 saturated carbocycles. The van der Waals surface area contributed by atoms with Crippen molar-refractivity contribution >= 4 is 23.6 Å². The third-order valence-corrected chi connectivity index (χ3v) is 4.47. The first-order chi connectivity index (χ1) is 8.68. The summed E-state index contributed by atoms with van der Waals surface area (Å²) in [7, 11) is 0. The van der Waals surface area contributed by atoms with Crippen LogP contribution in [0.1, 0.15) is 25.7 Å². The molecular formula is C12H19NO4S. The minimum absolute atomic E-state index is 0.0127. The van der Waals surface area contributed by atoms with Crippen LogP contribution in [-0.2, 0) is 14.3 Å². The summed E-state index contributed by atoms with van der Waals surface area (Å²) in [5.41, 5.74) is 0. The van der Waals surface area contributed by atoms with Crippen LogP contribution in [0.15, 0.2) is 0 Å². The predicted octanol–water partition coefficient (Wildman–Crippen LogP) is 0.974. The number of thioether (sulfide) groups is 1. The number of amides is 1. The van der Waals surface area contributed by atoms with E-state index in [4.69, 9.17) is 9.84 Å². The number of nitrogens with zero attached hydrogens (tertiary/aromatic N) is 1. The molecular weight excluding hydrogens is 254 g/mol. The van der Waals surface area contributed by atoms with Crippen LogP contribution < -0.4 is 0 Å². The molecule has 2 aliphatic heterocycles. The summed E-state index contributed by atoms with van der Waals surface area (Å²) < 4.78 is 5.50. The standard InChI is InChI=1S/C12H19NO4S/c14-11(15)7-9-8-18-6-4-13(9)12(16)10-3-1-2-5-17-10/h9-10H,1-8H2,(H,14,15). The Morgan fingerprint density at radius 1 is 1.39 bits per heavy atom. The predicted molar refractivity (Wildman–Crippen MR) is 68.7 cm³/mol. The second-order valence-electron chi connectivity index (χ2n) is 4.71. The summed E-state index contributed by atoms with van der Waals surface area (Å²) in [6, 6.07) is -0.181. The van der Waals surface area contributed by atoms with Crippen LogP contribution >= 0.6 is 11.8 Å². The first-order valence-electron chi connectivity index (χ1n) is 6.40. The number of carbonyl (C=O) groups excluding carboxylic acids is 1. The molecule has 2 rings (SSSR count). The van der Waals surface area contributed by atoms with Gasteiger partial charge in [0, 0.05) is 24.7 Å². The van der Waals surface area contributed by atoms with Crippen molar-refractivity contribution in [3.63, 3.8) is 0 Å². The quantitative estimate of drug-likeness (QED) is 0.830. The van der Waals surface area contributed by atoms with Crippen molar-refractivity contribution in [1.82, 2.24) is 4.90 Å². The van der Waals surface area contributed by atoms with Crippen LogP contribution in [0.25, 0.3) is 0 Å². The van der Waals surface area contributed by atoms with Crippen molar-refractivity contribution in [2.75, 3.05) is 24.7 Å². The van der Waals surface area contributed by atoms with Gasteiger partial charge in [-0.2, -0.15) is 11.8 Å². The summed E-state index contributed by atoms with van der Waals surface area (Å²) in [5.74, 6) is 0.741. The molecule has 2 unspecified atom stereocenters. The highest BCUT2D eigenvalue weighted by molar-refractivity contribution is 7.99. The van der Waals surface area contributed by atoms with Crippen molar-refractivity contribution in [2.45, 2.75) is 37.8 Å². The zero-order valence-electron chi connectivity index (χ0n) is 10.3. The molecule has 1 amide bonds. The molecule has 2 aliphatic rings. The normalized spacial score (nSPS) is 29.0. The lowest BCUT2D eigenvalue weighted by atomic mass is 10.1. The number of carboxylic acid groups (broad SMARTS) is 1. The van der Waals surface area contributed by atoms with Crippen LogP contribution in [0.3, 0.4) is 0 Å². The van der Waals surface area contributed by atoms with Gasteiger partial charge in [0.2, 0.25) is 0 Å². The van der Waals surface area contributed by atoms with Gasteiger partial charge >= 0.3 is 5.97 Å². The highest BCUT2D eigenvalue weighted by atomic mass is 32.2. The third kappa shape index (κ3) is 3.38. The van der Waals surface area contributed by atoms with E-state index in [0.29, 0.717) is 18.9 Å². The Morgan fingerprint density at radius 2 is 2.22 bits per heavy atom. The summed E-state index contributed by atoms with van der Waals surface area (Å²) in [5, 5.41) is 8.90. The van der Waals surface area contributed by atoms with Gasteiger partial charge in [-0.05, 0) is 19.3 Å². The molecule has 102 valence electrons. The highest BCUT2D eigenvalue weighted by Gasteiger charge is 2.34. The zero-order chi connectivity index (χ0) is 13.0. The lowest BCUT2D eigenvalue weighted by Crippen LogP contribution is -2.51. The van der Waals surface area contributed by atoms with Crippen molar-refractivity contribution in [3.8, 4) is 0 Å². The number of hydrogen-bond donors (Lipinski definition) is 1. The first-order valence-corrected chi connectivity index (χ1v) is 7.55. The molecule has 0 aromatic rings. The molecule has 2 heterocycles. The molecule has 2 atom stereocenters. The van der Waals surface area contributed by atoms with Crippen LogP contribution in [-0.4, -0.2) is 58.7 Å². The second-order valence-corrected chi connectivity index (χ2v) is 5.86. The largest absolute Gasteiger partial charge is 0.481 e. The number of aliphatic carboxylic acids is 1. The van der Waals surface area contributed by atoms with Crippen molar-refractivity contribution < 1.29 is 19.4 Å². The van der Waals surface area contributed by atoms with E-state index in [2.05, 4.69) is 0 Å². The van der Waals surface area contributed by atoms with E-state index in [9.17, 15) is 9.59 Å². The maximum Gasteiger partial charge on any atom is 0.305 e. The number of rotatable bonds is 3. The third-order valence-electron chi connectivity index (χ3n) is 3.38. The van der Waals surface area contributed by atoms with Crippen LogP contribution in [0.4, 0.5) is 0 Å². The molecule has 18 heavy (non-hydrogen) atoms.